The Balaban J connectivity index is 3.18. The van der Waals surface area contributed by atoms with Gasteiger partial charge in [-0.15, -0.1) is 4.91 Å². The summed E-state index contributed by atoms with van der Waals surface area (Å²) in [4.78, 5) is 23.0. The highest BCUT2D eigenvalue weighted by Gasteiger charge is 1.97. The Morgan fingerprint density at radius 1 is 1.75 bits per heavy atom. The molecule has 0 fully saturated rings. The average Bonchev–Trinajstić information content (AvgIpc) is 1.68. The highest BCUT2D eigenvalue weighted by molar-refractivity contribution is 5.68. The normalized spacial score (nSPS) is 8.12. The molecule has 4 nitrogen and oxygen atoms in total. The van der Waals surface area contributed by atoms with E-state index in [-0.39, 0.29) is 6.42 Å². The molecule has 0 aliphatic rings. The van der Waals surface area contributed by atoms with Crippen molar-refractivity contribution in [2.75, 3.05) is 0 Å². The Morgan fingerprint density at radius 2 is 2.38 bits per heavy atom. The lowest BCUT2D eigenvalue weighted by molar-refractivity contribution is -0.143. The lowest BCUT2D eigenvalue weighted by Crippen LogP contribution is -1.96. The lowest BCUT2D eigenvalue weighted by Gasteiger charge is -1.86. The van der Waals surface area contributed by atoms with Gasteiger partial charge in [0.15, 0.2) is 5.34 Å². The van der Waals surface area contributed by atoms with Crippen LogP contribution in [0.5, 0.6) is 0 Å². The summed E-state index contributed by atoms with van der Waals surface area (Å²) in [5.41, 5.74) is 0. The molecule has 4 heteroatoms. The minimum atomic E-state index is -0.567. The molecule has 46 valence electrons. The van der Waals surface area contributed by atoms with Gasteiger partial charge in [0, 0.05) is 6.42 Å². The summed E-state index contributed by atoms with van der Waals surface area (Å²) in [6.45, 7) is 1.81. The van der Waals surface area contributed by atoms with E-state index >= 15 is 0 Å². The second-order valence-electron chi connectivity index (χ2n) is 1.29. The minimum Gasteiger partial charge on any atom is -0.285 e. The van der Waals surface area contributed by atoms with Gasteiger partial charge in [0.1, 0.15) is 0 Å². The van der Waals surface area contributed by atoms with Crippen molar-refractivity contribution in [2.24, 2.45) is 5.34 Å². The van der Waals surface area contributed by atoms with Gasteiger partial charge in [-0.2, -0.15) is 0 Å². The molecule has 0 amide bonds. The fourth-order valence-corrected chi connectivity index (χ4v) is 0.291. The number of rotatable bonds is 3. The van der Waals surface area contributed by atoms with Gasteiger partial charge in [0.2, 0.25) is 0 Å². The molecule has 0 aromatic rings. The SMILES string of the molecule is CCCC(=O)ON=O. The largest absolute Gasteiger partial charge is 0.338 e. The van der Waals surface area contributed by atoms with Crippen molar-refractivity contribution in [2.45, 2.75) is 19.8 Å². The first-order valence-electron chi connectivity index (χ1n) is 2.33. The molecule has 0 rings (SSSR count). The van der Waals surface area contributed by atoms with Crippen LogP contribution in [0.4, 0.5) is 0 Å². The zero-order valence-corrected chi connectivity index (χ0v) is 4.59. The van der Waals surface area contributed by atoms with Gasteiger partial charge in [-0.25, -0.2) is 4.79 Å². The van der Waals surface area contributed by atoms with Crippen LogP contribution in [0, 0.1) is 4.91 Å². The number of hydrogen-bond donors (Lipinski definition) is 0. The maximum absolute atomic E-state index is 10.1. The molecule has 0 bridgehead atoms. The van der Waals surface area contributed by atoms with E-state index in [4.69, 9.17) is 0 Å². The number of nitrogens with zero attached hydrogens (tertiary/aromatic N) is 1. The highest BCUT2D eigenvalue weighted by Crippen LogP contribution is 1.89. The fourth-order valence-electron chi connectivity index (χ4n) is 0.291. The Kier molecular flexibility index (Phi) is 3.74. The van der Waals surface area contributed by atoms with Gasteiger partial charge in [-0.1, -0.05) is 6.92 Å². The molecule has 0 unspecified atom stereocenters. The maximum Gasteiger partial charge on any atom is 0.338 e. The van der Waals surface area contributed by atoms with Crippen LogP contribution in [0.25, 0.3) is 0 Å². The second-order valence-corrected chi connectivity index (χ2v) is 1.29. The van der Waals surface area contributed by atoms with Crippen LogP contribution in [0.2, 0.25) is 0 Å². The predicted molar refractivity (Wildman–Crippen MR) is 26.8 cm³/mol. The van der Waals surface area contributed by atoms with Crippen molar-refractivity contribution in [1.29, 1.82) is 0 Å². The molecule has 0 saturated carbocycles. The van der Waals surface area contributed by atoms with Crippen molar-refractivity contribution in [3.63, 3.8) is 0 Å². The quantitative estimate of drug-likeness (QED) is 0.409. The first-order chi connectivity index (χ1) is 3.81. The van der Waals surface area contributed by atoms with Gasteiger partial charge < -0.3 is 0 Å². The highest BCUT2D eigenvalue weighted by atomic mass is 16.7. The molecule has 0 aliphatic heterocycles. The van der Waals surface area contributed by atoms with Gasteiger partial charge >= 0.3 is 5.97 Å². The Bertz CT molecular complexity index is 91.3. The minimum absolute atomic E-state index is 0.256. The molecule has 0 spiro atoms. The summed E-state index contributed by atoms with van der Waals surface area (Å²) in [6, 6.07) is 0. The number of hydrogen-bond acceptors (Lipinski definition) is 4. The zero-order chi connectivity index (χ0) is 6.41. The second kappa shape index (κ2) is 4.23. The smallest absolute Gasteiger partial charge is 0.285 e. The molecule has 0 heterocycles. The monoisotopic (exact) mass is 117 g/mol. The molecule has 0 aromatic carbocycles. The summed E-state index contributed by atoms with van der Waals surface area (Å²) >= 11 is 0. The van der Waals surface area contributed by atoms with Crippen molar-refractivity contribution >= 4 is 5.97 Å². The van der Waals surface area contributed by atoms with E-state index in [0.29, 0.717) is 6.42 Å². The van der Waals surface area contributed by atoms with Gasteiger partial charge in [-0.05, 0) is 6.42 Å². The van der Waals surface area contributed by atoms with E-state index in [2.05, 4.69) is 4.84 Å². The Morgan fingerprint density at radius 3 is 2.75 bits per heavy atom. The average molecular weight is 117 g/mol. The molecular weight excluding hydrogens is 110 g/mol. The van der Waals surface area contributed by atoms with Crippen LogP contribution in [0.1, 0.15) is 19.8 Å². The summed E-state index contributed by atoms with van der Waals surface area (Å²) in [5.74, 6) is -0.567. The standard InChI is InChI=1S/C4H7NO3/c1-2-3-4(6)8-5-7/h2-3H2,1H3. The van der Waals surface area contributed by atoms with Crippen LogP contribution in [0.15, 0.2) is 5.34 Å². The van der Waals surface area contributed by atoms with Gasteiger partial charge in [0.05, 0.1) is 0 Å². The molecule has 0 saturated heterocycles. The zero-order valence-electron chi connectivity index (χ0n) is 4.59. The lowest BCUT2D eigenvalue weighted by atomic mass is 10.3. The van der Waals surface area contributed by atoms with E-state index < -0.39 is 5.97 Å². The van der Waals surface area contributed by atoms with Gasteiger partial charge in [-0.3, -0.25) is 4.84 Å². The molecule has 0 atom stereocenters. The third-order valence-corrected chi connectivity index (χ3v) is 0.593. The third kappa shape index (κ3) is 3.27. The number of carbonyl (C=O) groups is 1. The fraction of sp³-hybridized carbons (Fsp3) is 0.750. The summed E-state index contributed by atoms with van der Waals surface area (Å²) < 4.78 is 0. The van der Waals surface area contributed by atoms with Crippen molar-refractivity contribution in [3.05, 3.63) is 4.91 Å². The van der Waals surface area contributed by atoms with Crippen LogP contribution in [-0.4, -0.2) is 5.97 Å². The molecular formula is C4H7NO3. The molecule has 0 radical (unpaired) electrons. The topological polar surface area (TPSA) is 55.7 Å². The number of carbonyl (C=O) groups excluding carboxylic acids is 1. The summed E-state index contributed by atoms with van der Waals surface area (Å²) in [5, 5.41) is 1.95. The third-order valence-electron chi connectivity index (χ3n) is 0.593. The Hall–Kier alpha value is -0.930. The maximum atomic E-state index is 10.1. The van der Waals surface area contributed by atoms with Crippen LogP contribution < -0.4 is 0 Å². The van der Waals surface area contributed by atoms with Crippen molar-refractivity contribution < 1.29 is 9.63 Å². The van der Waals surface area contributed by atoms with Crippen LogP contribution in [-0.2, 0) is 9.63 Å². The van der Waals surface area contributed by atoms with E-state index in [0.717, 1.165) is 0 Å². The van der Waals surface area contributed by atoms with E-state index in [1.165, 1.54) is 0 Å². The first-order valence-corrected chi connectivity index (χ1v) is 2.33. The van der Waals surface area contributed by atoms with E-state index in [1.807, 2.05) is 12.3 Å². The first kappa shape index (κ1) is 7.07. The molecule has 0 aliphatic carbocycles. The van der Waals surface area contributed by atoms with E-state index in [9.17, 15) is 9.70 Å². The summed E-state index contributed by atoms with van der Waals surface area (Å²) in [7, 11) is 0. The molecule has 0 N–H and O–H groups in total. The van der Waals surface area contributed by atoms with Crippen LogP contribution in [0.3, 0.4) is 0 Å². The van der Waals surface area contributed by atoms with Crippen molar-refractivity contribution in [3.8, 4) is 0 Å². The molecule has 0 aromatic heterocycles. The van der Waals surface area contributed by atoms with Crippen LogP contribution >= 0.6 is 0 Å². The van der Waals surface area contributed by atoms with E-state index in [1.54, 1.807) is 0 Å². The van der Waals surface area contributed by atoms with Gasteiger partial charge in [0.25, 0.3) is 0 Å². The predicted octanol–water partition coefficient (Wildman–Crippen LogP) is 1.01. The Labute approximate surface area is 46.8 Å². The van der Waals surface area contributed by atoms with Crippen molar-refractivity contribution in [1.82, 2.24) is 0 Å². The molecule has 8 heavy (non-hydrogen) atoms. The summed E-state index contributed by atoms with van der Waals surface area (Å²) in [6.07, 6.45) is 0.931.